The molecular weight excluding hydrogens is 424 g/mol. The summed E-state index contributed by atoms with van der Waals surface area (Å²) in [6.45, 7) is 0. The Balaban J connectivity index is 1.48. The van der Waals surface area contributed by atoms with Crippen LogP contribution in [0.25, 0.3) is 11.1 Å². The lowest BCUT2D eigenvalue weighted by Crippen LogP contribution is -2.49. The Hall–Kier alpha value is -3.82. The maximum atomic E-state index is 9.33. The van der Waals surface area contributed by atoms with Gasteiger partial charge in [0.1, 0.15) is 11.4 Å². The predicted molar refractivity (Wildman–Crippen MR) is 130 cm³/mol. The minimum atomic E-state index is -0.950. The van der Waals surface area contributed by atoms with Crippen LogP contribution in [0.15, 0.2) is 71.7 Å². The normalized spacial score (nSPS) is 25.2. The highest BCUT2D eigenvalue weighted by Gasteiger charge is 2.54. The molecule has 6 heteroatoms. The molecule has 0 unspecified atom stereocenters. The number of hydroxylamine groups is 2. The van der Waals surface area contributed by atoms with Gasteiger partial charge in [0.05, 0.1) is 17.2 Å². The first kappa shape index (κ1) is 20.8. The van der Waals surface area contributed by atoms with Crippen LogP contribution in [0, 0.1) is 11.3 Å². The number of nitriles is 1. The number of hydrogen-bond donors (Lipinski definition) is 1. The fraction of sp³-hybridized carbons (Fsp3) is 0.286. The molecule has 6 nitrogen and oxygen atoms in total. The van der Waals surface area contributed by atoms with Crippen LogP contribution in [0.5, 0.6) is 5.75 Å². The molecule has 0 saturated carbocycles. The van der Waals surface area contributed by atoms with Crippen molar-refractivity contribution < 1.29 is 9.57 Å². The second-order valence-electron chi connectivity index (χ2n) is 9.51. The Bertz CT molecular complexity index is 1360. The number of benzene rings is 3. The molecule has 0 fully saturated rings. The van der Waals surface area contributed by atoms with Crippen molar-refractivity contribution in [1.82, 2.24) is 5.06 Å². The second kappa shape index (κ2) is 7.61. The van der Waals surface area contributed by atoms with Crippen molar-refractivity contribution in [3.63, 3.8) is 0 Å². The maximum absolute atomic E-state index is 9.33. The average Bonchev–Trinajstić information content (AvgIpc) is 3.01. The number of nitrogens with two attached hydrogens (primary N) is 1. The minimum Gasteiger partial charge on any atom is -0.486 e. The molecule has 0 bridgehead atoms. The van der Waals surface area contributed by atoms with Gasteiger partial charge in [-0.15, -0.1) is 0 Å². The number of guanidine groups is 1. The zero-order valence-electron chi connectivity index (χ0n) is 19.1. The molecule has 2 aliphatic heterocycles. The summed E-state index contributed by atoms with van der Waals surface area (Å²) in [7, 11) is 1.79. The van der Waals surface area contributed by atoms with Gasteiger partial charge in [0.2, 0.25) is 11.7 Å². The van der Waals surface area contributed by atoms with Crippen LogP contribution in [0.1, 0.15) is 41.5 Å². The molecule has 0 amide bonds. The SMILES string of the molecule is CN1O[C@]2(C[C@@]3(CCCc4ccccc4C3)Oc3ccc(-c4cccc(C#N)c4)cc32)N=C1N. The third-order valence-electron chi connectivity index (χ3n) is 7.23. The van der Waals surface area contributed by atoms with Gasteiger partial charge in [-0.3, -0.25) is 0 Å². The smallest absolute Gasteiger partial charge is 0.222 e. The Labute approximate surface area is 199 Å². The maximum Gasteiger partial charge on any atom is 0.222 e. The fourth-order valence-electron chi connectivity index (χ4n) is 5.65. The number of aryl methyl sites for hydroxylation is 1. The van der Waals surface area contributed by atoms with Crippen LogP contribution in [0.2, 0.25) is 0 Å². The standard InChI is InChI=1S/C28H26N4O2/c1-32-26(30)31-28(34-32)18-27(13-5-10-20-7-2-3-8-23(20)16-27)33-25-12-11-22(15-24(25)28)21-9-4-6-19(14-21)17-29/h2-4,6-9,11-12,14-15H,5,10,13,16,18H2,1H3,(H2,30,31)/t27-,28-/m0/s1. The van der Waals surface area contributed by atoms with Crippen molar-refractivity contribution in [2.45, 2.75) is 43.4 Å². The third kappa shape index (κ3) is 3.32. The quantitative estimate of drug-likeness (QED) is 0.582. The third-order valence-corrected chi connectivity index (χ3v) is 7.23. The highest BCUT2D eigenvalue weighted by Crippen LogP contribution is 2.52. The number of aliphatic imine (C=N–C) groups is 1. The Morgan fingerprint density at radius 1 is 1.03 bits per heavy atom. The summed E-state index contributed by atoms with van der Waals surface area (Å²) in [6, 6.07) is 24.6. The summed E-state index contributed by atoms with van der Waals surface area (Å²) in [4.78, 5) is 11.3. The van der Waals surface area contributed by atoms with Crippen LogP contribution in [0.4, 0.5) is 0 Å². The van der Waals surface area contributed by atoms with E-state index in [-0.39, 0.29) is 0 Å². The van der Waals surface area contributed by atoms with E-state index in [4.69, 9.17) is 20.3 Å². The van der Waals surface area contributed by atoms with E-state index in [0.717, 1.165) is 48.1 Å². The zero-order valence-corrected chi connectivity index (χ0v) is 19.1. The first-order valence-electron chi connectivity index (χ1n) is 11.7. The lowest BCUT2D eigenvalue weighted by atomic mass is 9.78. The number of fused-ring (bicyclic) bond motifs is 3. The molecule has 0 aromatic heterocycles. The first-order chi connectivity index (χ1) is 16.5. The van der Waals surface area contributed by atoms with Gasteiger partial charge in [0, 0.05) is 19.9 Å². The highest BCUT2D eigenvalue weighted by molar-refractivity contribution is 5.79. The van der Waals surface area contributed by atoms with Crippen LogP contribution in [0.3, 0.4) is 0 Å². The second-order valence-corrected chi connectivity index (χ2v) is 9.51. The number of nitrogens with zero attached hydrogens (tertiary/aromatic N) is 3. The van der Waals surface area contributed by atoms with Gasteiger partial charge in [-0.05, 0) is 65.8 Å². The van der Waals surface area contributed by atoms with Crippen LogP contribution in [-0.2, 0) is 23.4 Å². The van der Waals surface area contributed by atoms with E-state index in [1.807, 2.05) is 30.3 Å². The van der Waals surface area contributed by atoms with Crippen molar-refractivity contribution in [1.29, 1.82) is 5.26 Å². The van der Waals surface area contributed by atoms with Gasteiger partial charge in [-0.2, -0.15) is 5.26 Å². The minimum absolute atomic E-state index is 0.355. The lowest BCUT2D eigenvalue weighted by molar-refractivity contribution is -0.204. The molecule has 0 radical (unpaired) electrons. The largest absolute Gasteiger partial charge is 0.486 e. The van der Waals surface area contributed by atoms with E-state index in [1.165, 1.54) is 11.1 Å². The zero-order chi connectivity index (χ0) is 23.3. The van der Waals surface area contributed by atoms with E-state index in [1.54, 1.807) is 18.2 Å². The van der Waals surface area contributed by atoms with Crippen molar-refractivity contribution in [3.05, 3.63) is 89.0 Å². The molecule has 2 atom stereocenters. The number of ether oxygens (including phenoxy) is 1. The first-order valence-corrected chi connectivity index (χ1v) is 11.7. The summed E-state index contributed by atoms with van der Waals surface area (Å²) in [5.74, 6) is 1.13. The number of rotatable bonds is 1. The van der Waals surface area contributed by atoms with E-state index in [9.17, 15) is 5.26 Å². The summed E-state index contributed by atoms with van der Waals surface area (Å²) in [6.07, 6.45) is 4.38. The summed E-state index contributed by atoms with van der Waals surface area (Å²) in [5, 5.41) is 10.9. The van der Waals surface area contributed by atoms with E-state index in [0.29, 0.717) is 17.9 Å². The highest BCUT2D eigenvalue weighted by atomic mass is 16.7. The Morgan fingerprint density at radius 3 is 2.65 bits per heavy atom. The van der Waals surface area contributed by atoms with Crippen LogP contribution < -0.4 is 10.5 Å². The van der Waals surface area contributed by atoms with E-state index in [2.05, 4.69) is 36.4 Å². The molecule has 2 N–H and O–H groups in total. The molecule has 3 aromatic rings. The predicted octanol–water partition coefficient (Wildman–Crippen LogP) is 4.67. The lowest BCUT2D eigenvalue weighted by Gasteiger charge is -2.45. The monoisotopic (exact) mass is 450 g/mol. The van der Waals surface area contributed by atoms with Crippen molar-refractivity contribution in [3.8, 4) is 22.9 Å². The number of hydrogen-bond acceptors (Lipinski definition) is 6. The molecule has 0 saturated heterocycles. The fourth-order valence-corrected chi connectivity index (χ4v) is 5.65. The van der Waals surface area contributed by atoms with Crippen LogP contribution in [-0.4, -0.2) is 23.7 Å². The van der Waals surface area contributed by atoms with Gasteiger partial charge in [0.25, 0.3) is 0 Å². The summed E-state index contributed by atoms with van der Waals surface area (Å²) in [5.41, 5.74) is 11.0. The van der Waals surface area contributed by atoms with Gasteiger partial charge in [-0.1, -0.05) is 42.5 Å². The molecule has 2 spiro atoms. The molecular formula is C28H26N4O2. The van der Waals surface area contributed by atoms with E-state index < -0.39 is 11.3 Å². The van der Waals surface area contributed by atoms with Crippen molar-refractivity contribution in [2.75, 3.05) is 7.05 Å². The van der Waals surface area contributed by atoms with Gasteiger partial charge < -0.3 is 10.5 Å². The molecule has 6 rings (SSSR count). The summed E-state index contributed by atoms with van der Waals surface area (Å²) >= 11 is 0. The van der Waals surface area contributed by atoms with Gasteiger partial charge >= 0.3 is 0 Å². The van der Waals surface area contributed by atoms with Crippen molar-refractivity contribution in [2.24, 2.45) is 10.7 Å². The molecule has 2 heterocycles. The molecule has 3 aliphatic rings. The molecule has 3 aromatic carbocycles. The molecule has 34 heavy (non-hydrogen) atoms. The van der Waals surface area contributed by atoms with Gasteiger partial charge in [-0.25, -0.2) is 14.9 Å². The Morgan fingerprint density at radius 2 is 1.85 bits per heavy atom. The molecule has 170 valence electrons. The Kier molecular flexibility index (Phi) is 4.65. The summed E-state index contributed by atoms with van der Waals surface area (Å²) < 4.78 is 6.83. The van der Waals surface area contributed by atoms with Crippen molar-refractivity contribution >= 4 is 5.96 Å². The average molecular weight is 451 g/mol. The van der Waals surface area contributed by atoms with Crippen LogP contribution >= 0.6 is 0 Å². The van der Waals surface area contributed by atoms with E-state index >= 15 is 0 Å². The topological polar surface area (TPSA) is 83.9 Å². The van der Waals surface area contributed by atoms with Gasteiger partial charge in [0.15, 0.2) is 0 Å². The molecule has 1 aliphatic carbocycles.